The van der Waals surface area contributed by atoms with E-state index in [4.69, 9.17) is 9.47 Å². The molecule has 4 nitrogen and oxygen atoms in total. The fourth-order valence-electron chi connectivity index (χ4n) is 1.61. The van der Waals surface area contributed by atoms with E-state index in [0.29, 0.717) is 37.2 Å². The summed E-state index contributed by atoms with van der Waals surface area (Å²) in [5.74, 6) is 0.438. The van der Waals surface area contributed by atoms with E-state index in [1.54, 1.807) is 0 Å². The summed E-state index contributed by atoms with van der Waals surface area (Å²) in [6.45, 7) is 7.42. The predicted octanol–water partition coefficient (Wildman–Crippen LogP) is 3.05. The minimum absolute atomic E-state index is 0.255. The van der Waals surface area contributed by atoms with Crippen LogP contribution in [-0.2, 0) is 19.1 Å². The Morgan fingerprint density at radius 1 is 0.800 bits per heavy atom. The quantitative estimate of drug-likeness (QED) is 0.506. The first-order chi connectivity index (χ1) is 9.12. The standard InChI is InChI=1S/C14H26O4S2/c1-13(2,17-11(15)5-9-19)7-8-14(3,4)18-12(16)6-10-20/h19-20H,5-10H2,1-4H3. The third-order valence-electron chi connectivity index (χ3n) is 2.74. The number of hydrogen-bond acceptors (Lipinski definition) is 6. The van der Waals surface area contributed by atoms with Crippen LogP contribution in [0.4, 0.5) is 0 Å². The van der Waals surface area contributed by atoms with Crippen LogP contribution in [0, 0.1) is 0 Å². The summed E-state index contributed by atoms with van der Waals surface area (Å²) in [7, 11) is 0. The summed E-state index contributed by atoms with van der Waals surface area (Å²) in [6.07, 6.45) is 1.83. The molecule has 0 spiro atoms. The molecule has 0 amide bonds. The summed E-state index contributed by atoms with van der Waals surface area (Å²) in [6, 6.07) is 0. The maximum Gasteiger partial charge on any atom is 0.307 e. The van der Waals surface area contributed by atoms with Crippen molar-refractivity contribution in [3.05, 3.63) is 0 Å². The van der Waals surface area contributed by atoms with Crippen molar-refractivity contribution in [2.75, 3.05) is 11.5 Å². The van der Waals surface area contributed by atoms with Gasteiger partial charge in [0.1, 0.15) is 11.2 Å². The van der Waals surface area contributed by atoms with Gasteiger partial charge in [0.2, 0.25) is 0 Å². The lowest BCUT2D eigenvalue weighted by atomic mass is 9.93. The Labute approximate surface area is 132 Å². The van der Waals surface area contributed by atoms with Gasteiger partial charge in [-0.25, -0.2) is 0 Å². The van der Waals surface area contributed by atoms with Crippen LogP contribution in [0.1, 0.15) is 53.4 Å². The van der Waals surface area contributed by atoms with Crippen molar-refractivity contribution in [3.8, 4) is 0 Å². The van der Waals surface area contributed by atoms with E-state index in [1.165, 1.54) is 0 Å². The third-order valence-corrected chi connectivity index (χ3v) is 3.19. The van der Waals surface area contributed by atoms with Crippen molar-refractivity contribution in [3.63, 3.8) is 0 Å². The van der Waals surface area contributed by atoms with E-state index in [-0.39, 0.29) is 11.9 Å². The van der Waals surface area contributed by atoms with Crippen molar-refractivity contribution in [2.45, 2.75) is 64.6 Å². The summed E-state index contributed by atoms with van der Waals surface area (Å²) in [5.41, 5.74) is -1.15. The first kappa shape index (κ1) is 19.6. The first-order valence-electron chi connectivity index (χ1n) is 6.77. The Hall–Kier alpha value is -0.360. The van der Waals surface area contributed by atoms with Crippen LogP contribution in [0.5, 0.6) is 0 Å². The fraction of sp³-hybridized carbons (Fsp3) is 0.857. The lowest BCUT2D eigenvalue weighted by Gasteiger charge is -2.31. The maximum atomic E-state index is 11.5. The number of carbonyl (C=O) groups is 2. The largest absolute Gasteiger partial charge is 0.460 e. The molecule has 0 unspecified atom stereocenters. The van der Waals surface area contributed by atoms with Gasteiger partial charge in [-0.1, -0.05) is 0 Å². The number of esters is 2. The molecule has 0 aliphatic carbocycles. The zero-order valence-electron chi connectivity index (χ0n) is 12.8. The van der Waals surface area contributed by atoms with Gasteiger partial charge >= 0.3 is 11.9 Å². The molecule has 0 aromatic heterocycles. The molecule has 0 atom stereocenters. The highest BCUT2D eigenvalue weighted by atomic mass is 32.1. The molecule has 0 radical (unpaired) electrons. The molecule has 0 aromatic carbocycles. The molecule has 0 fully saturated rings. The first-order valence-corrected chi connectivity index (χ1v) is 8.04. The van der Waals surface area contributed by atoms with Crippen molar-refractivity contribution >= 4 is 37.2 Å². The molecule has 118 valence electrons. The lowest BCUT2D eigenvalue weighted by molar-refractivity contribution is -0.163. The molecule has 0 aliphatic heterocycles. The smallest absolute Gasteiger partial charge is 0.307 e. The number of ether oxygens (including phenoxy) is 2. The van der Waals surface area contributed by atoms with Crippen molar-refractivity contribution < 1.29 is 19.1 Å². The zero-order valence-corrected chi connectivity index (χ0v) is 14.6. The van der Waals surface area contributed by atoms with Crippen LogP contribution >= 0.6 is 25.3 Å². The van der Waals surface area contributed by atoms with E-state index in [2.05, 4.69) is 25.3 Å². The summed E-state index contributed by atoms with van der Waals surface area (Å²) >= 11 is 8.00. The fourth-order valence-corrected chi connectivity index (χ4v) is 1.97. The molecule has 0 aliphatic rings. The van der Waals surface area contributed by atoms with Crippen LogP contribution in [0.25, 0.3) is 0 Å². The van der Waals surface area contributed by atoms with Gasteiger partial charge in [0.15, 0.2) is 0 Å². The van der Waals surface area contributed by atoms with Gasteiger partial charge in [-0.05, 0) is 40.5 Å². The van der Waals surface area contributed by atoms with Gasteiger partial charge in [0, 0.05) is 11.5 Å². The third kappa shape index (κ3) is 9.53. The second-order valence-corrected chi connectivity index (χ2v) is 6.81. The van der Waals surface area contributed by atoms with E-state index in [0.717, 1.165) is 0 Å². The maximum absolute atomic E-state index is 11.5. The van der Waals surface area contributed by atoms with Gasteiger partial charge in [0.05, 0.1) is 12.8 Å². The van der Waals surface area contributed by atoms with Gasteiger partial charge in [-0.3, -0.25) is 9.59 Å². The Morgan fingerprint density at radius 2 is 1.10 bits per heavy atom. The number of hydrogen-bond donors (Lipinski definition) is 2. The number of rotatable bonds is 9. The Bertz CT molecular complexity index is 295. The topological polar surface area (TPSA) is 52.6 Å². The average Bonchev–Trinajstić information content (AvgIpc) is 2.26. The van der Waals surface area contributed by atoms with Gasteiger partial charge in [-0.15, -0.1) is 0 Å². The van der Waals surface area contributed by atoms with Crippen molar-refractivity contribution in [2.24, 2.45) is 0 Å². The molecular formula is C14H26O4S2. The second-order valence-electron chi connectivity index (χ2n) is 5.91. The highest BCUT2D eigenvalue weighted by Gasteiger charge is 2.29. The van der Waals surface area contributed by atoms with E-state index >= 15 is 0 Å². The molecule has 20 heavy (non-hydrogen) atoms. The molecule has 0 N–H and O–H groups in total. The lowest BCUT2D eigenvalue weighted by Crippen LogP contribution is -2.34. The Morgan fingerprint density at radius 3 is 1.35 bits per heavy atom. The zero-order chi connectivity index (χ0) is 15.8. The van der Waals surface area contributed by atoms with Crippen LogP contribution in [0.15, 0.2) is 0 Å². The average molecular weight is 322 g/mol. The molecule has 0 saturated heterocycles. The predicted molar refractivity (Wildman–Crippen MR) is 86.5 cm³/mol. The molecule has 0 heterocycles. The number of thiol groups is 2. The van der Waals surface area contributed by atoms with Crippen molar-refractivity contribution in [1.29, 1.82) is 0 Å². The van der Waals surface area contributed by atoms with E-state index in [9.17, 15) is 9.59 Å². The Kier molecular flexibility index (Phi) is 8.66. The summed E-state index contributed by atoms with van der Waals surface area (Å²) in [5, 5.41) is 0. The molecule has 0 bridgehead atoms. The summed E-state index contributed by atoms with van der Waals surface area (Å²) < 4.78 is 10.8. The molecule has 6 heteroatoms. The minimum Gasteiger partial charge on any atom is -0.460 e. The van der Waals surface area contributed by atoms with Gasteiger partial charge in [-0.2, -0.15) is 25.3 Å². The van der Waals surface area contributed by atoms with Crippen molar-refractivity contribution in [1.82, 2.24) is 0 Å². The second kappa shape index (κ2) is 8.82. The molecular weight excluding hydrogens is 296 g/mol. The van der Waals surface area contributed by atoms with Crippen LogP contribution in [-0.4, -0.2) is 34.6 Å². The SMILES string of the molecule is CC(C)(CCC(C)(C)OC(=O)CCS)OC(=O)CCS. The van der Waals surface area contributed by atoms with Gasteiger partial charge < -0.3 is 9.47 Å². The molecule has 0 aromatic rings. The van der Waals surface area contributed by atoms with Crippen LogP contribution in [0.2, 0.25) is 0 Å². The molecule has 0 saturated carbocycles. The monoisotopic (exact) mass is 322 g/mol. The van der Waals surface area contributed by atoms with Crippen LogP contribution in [0.3, 0.4) is 0 Å². The Balaban J connectivity index is 4.28. The van der Waals surface area contributed by atoms with E-state index in [1.807, 2.05) is 27.7 Å². The normalized spacial score (nSPS) is 12.1. The highest BCUT2D eigenvalue weighted by Crippen LogP contribution is 2.25. The minimum atomic E-state index is -0.576. The van der Waals surface area contributed by atoms with Crippen LogP contribution < -0.4 is 0 Å². The number of carbonyl (C=O) groups excluding carboxylic acids is 2. The van der Waals surface area contributed by atoms with E-state index < -0.39 is 11.2 Å². The molecule has 0 rings (SSSR count). The summed E-state index contributed by atoms with van der Waals surface area (Å²) in [4.78, 5) is 23.0. The van der Waals surface area contributed by atoms with Gasteiger partial charge in [0.25, 0.3) is 0 Å². The highest BCUT2D eigenvalue weighted by molar-refractivity contribution is 7.80.